The van der Waals surface area contributed by atoms with Crippen LogP contribution in [0, 0.1) is 11.3 Å². The second kappa shape index (κ2) is 5.75. The van der Waals surface area contributed by atoms with Crippen LogP contribution in [0.15, 0.2) is 24.3 Å². The van der Waals surface area contributed by atoms with Gasteiger partial charge in [-0.3, -0.25) is 4.90 Å². The van der Waals surface area contributed by atoms with Crippen LogP contribution >= 0.6 is 11.6 Å². The predicted octanol–water partition coefficient (Wildman–Crippen LogP) is 3.25. The molecule has 0 radical (unpaired) electrons. The van der Waals surface area contributed by atoms with Crippen LogP contribution in [-0.2, 0) is 0 Å². The minimum atomic E-state index is 0.315. The second-order valence-corrected chi connectivity index (χ2v) is 4.05. The van der Waals surface area contributed by atoms with Crippen LogP contribution < -0.4 is 0 Å². The van der Waals surface area contributed by atoms with Crippen LogP contribution in [-0.4, -0.2) is 18.5 Å². The maximum atomic E-state index is 8.51. The molecule has 3 heteroatoms. The van der Waals surface area contributed by atoms with Gasteiger partial charge in [-0.15, -0.1) is 0 Å². The third-order valence-corrected chi connectivity index (χ3v) is 2.84. The zero-order valence-electron chi connectivity index (χ0n) is 9.07. The molecule has 1 unspecified atom stereocenters. The fraction of sp³-hybridized carbons (Fsp3) is 0.417. The van der Waals surface area contributed by atoms with Crippen molar-refractivity contribution >= 4 is 11.6 Å². The van der Waals surface area contributed by atoms with Crippen molar-refractivity contribution in [3.05, 3.63) is 34.9 Å². The van der Waals surface area contributed by atoms with E-state index in [1.165, 1.54) is 5.56 Å². The van der Waals surface area contributed by atoms with Crippen molar-refractivity contribution in [3.8, 4) is 6.07 Å². The van der Waals surface area contributed by atoms with Gasteiger partial charge in [0.1, 0.15) is 0 Å². The van der Waals surface area contributed by atoms with Crippen molar-refractivity contribution in [2.24, 2.45) is 0 Å². The lowest BCUT2D eigenvalue weighted by atomic mass is 10.1. The number of nitriles is 1. The molecule has 1 atom stereocenters. The average molecular weight is 223 g/mol. The molecule has 2 nitrogen and oxygen atoms in total. The first kappa shape index (κ1) is 12.0. The fourth-order valence-electron chi connectivity index (χ4n) is 1.42. The molecule has 80 valence electrons. The molecule has 1 rings (SSSR count). The molecule has 0 amide bonds. The van der Waals surface area contributed by atoms with Crippen LogP contribution in [0.25, 0.3) is 0 Å². The lowest BCUT2D eigenvalue weighted by molar-refractivity contribution is 0.267. The summed E-state index contributed by atoms with van der Waals surface area (Å²) in [6, 6.07) is 10.3. The van der Waals surface area contributed by atoms with Gasteiger partial charge in [0.05, 0.1) is 6.07 Å². The van der Waals surface area contributed by atoms with Gasteiger partial charge in [0, 0.05) is 24.0 Å². The Balaban J connectivity index is 2.63. The van der Waals surface area contributed by atoms with E-state index in [0.29, 0.717) is 12.5 Å². The molecule has 0 saturated heterocycles. The summed E-state index contributed by atoms with van der Waals surface area (Å²) in [4.78, 5) is 2.16. The highest BCUT2D eigenvalue weighted by molar-refractivity contribution is 6.30. The summed E-state index contributed by atoms with van der Waals surface area (Å²) in [5.74, 6) is 0. The number of benzene rings is 1. The largest absolute Gasteiger partial charge is 0.299 e. The zero-order chi connectivity index (χ0) is 11.3. The van der Waals surface area contributed by atoms with E-state index in [2.05, 4.69) is 17.9 Å². The highest BCUT2D eigenvalue weighted by Crippen LogP contribution is 2.20. The summed E-state index contributed by atoms with van der Waals surface area (Å²) in [5.41, 5.74) is 1.22. The van der Waals surface area contributed by atoms with Gasteiger partial charge < -0.3 is 0 Å². The number of rotatable bonds is 4. The lowest BCUT2D eigenvalue weighted by Gasteiger charge is -2.24. The number of nitrogens with zero attached hydrogens (tertiary/aromatic N) is 2. The number of hydrogen-bond acceptors (Lipinski definition) is 2. The van der Waals surface area contributed by atoms with Crippen LogP contribution in [0.3, 0.4) is 0 Å². The molecule has 0 aromatic heterocycles. The molecule has 1 aromatic rings. The van der Waals surface area contributed by atoms with E-state index in [9.17, 15) is 0 Å². The van der Waals surface area contributed by atoms with Gasteiger partial charge in [0.15, 0.2) is 0 Å². The molecule has 0 bridgehead atoms. The maximum absolute atomic E-state index is 8.51. The van der Waals surface area contributed by atoms with Gasteiger partial charge in [-0.25, -0.2) is 0 Å². The standard InChI is InChI=1S/C12H15ClN2/c1-10(15(2)9-3-8-14)11-4-6-12(13)7-5-11/h4-7,10H,3,9H2,1-2H3. The van der Waals surface area contributed by atoms with Crippen molar-refractivity contribution in [3.63, 3.8) is 0 Å². The molecule has 0 fully saturated rings. The van der Waals surface area contributed by atoms with E-state index in [1.807, 2.05) is 31.3 Å². The third-order valence-electron chi connectivity index (χ3n) is 2.59. The normalized spacial score (nSPS) is 12.5. The number of halogens is 1. The molecule has 0 N–H and O–H groups in total. The first-order valence-electron chi connectivity index (χ1n) is 4.98. The topological polar surface area (TPSA) is 27.0 Å². The van der Waals surface area contributed by atoms with Gasteiger partial charge in [-0.1, -0.05) is 23.7 Å². The Morgan fingerprint density at radius 3 is 2.53 bits per heavy atom. The van der Waals surface area contributed by atoms with Crippen molar-refractivity contribution < 1.29 is 0 Å². The van der Waals surface area contributed by atoms with Crippen LogP contribution in [0.1, 0.15) is 24.9 Å². The van der Waals surface area contributed by atoms with E-state index in [1.54, 1.807) is 0 Å². The van der Waals surface area contributed by atoms with Crippen LogP contribution in [0.5, 0.6) is 0 Å². The first-order chi connectivity index (χ1) is 7.15. The Morgan fingerprint density at radius 1 is 1.40 bits per heavy atom. The van der Waals surface area contributed by atoms with Crippen molar-refractivity contribution in [1.82, 2.24) is 4.90 Å². The molecular formula is C12H15ClN2. The van der Waals surface area contributed by atoms with Crippen LogP contribution in [0.4, 0.5) is 0 Å². The van der Waals surface area contributed by atoms with Crippen molar-refractivity contribution in [2.75, 3.05) is 13.6 Å². The zero-order valence-corrected chi connectivity index (χ0v) is 9.83. The minimum absolute atomic E-state index is 0.315. The molecule has 0 heterocycles. The quantitative estimate of drug-likeness (QED) is 0.782. The van der Waals surface area contributed by atoms with Crippen molar-refractivity contribution in [2.45, 2.75) is 19.4 Å². The smallest absolute Gasteiger partial charge is 0.0635 e. The van der Waals surface area contributed by atoms with E-state index in [-0.39, 0.29) is 0 Å². The van der Waals surface area contributed by atoms with Gasteiger partial charge in [-0.05, 0) is 31.7 Å². The molecule has 1 aromatic carbocycles. The van der Waals surface area contributed by atoms with E-state index >= 15 is 0 Å². The Hall–Kier alpha value is -1.04. The van der Waals surface area contributed by atoms with Gasteiger partial charge in [-0.2, -0.15) is 5.26 Å². The third kappa shape index (κ3) is 3.54. The highest BCUT2D eigenvalue weighted by atomic mass is 35.5. The Labute approximate surface area is 96.1 Å². The van der Waals surface area contributed by atoms with Gasteiger partial charge in [0.2, 0.25) is 0 Å². The predicted molar refractivity (Wildman–Crippen MR) is 62.7 cm³/mol. The molecule has 0 spiro atoms. The van der Waals surface area contributed by atoms with Crippen molar-refractivity contribution in [1.29, 1.82) is 5.26 Å². The molecule has 0 aliphatic heterocycles. The average Bonchev–Trinajstić information content (AvgIpc) is 2.26. The summed E-state index contributed by atoms with van der Waals surface area (Å²) in [6.45, 7) is 2.92. The minimum Gasteiger partial charge on any atom is -0.299 e. The Morgan fingerprint density at radius 2 is 2.00 bits per heavy atom. The van der Waals surface area contributed by atoms with Crippen LogP contribution in [0.2, 0.25) is 5.02 Å². The van der Waals surface area contributed by atoms with E-state index in [4.69, 9.17) is 16.9 Å². The van der Waals surface area contributed by atoms with E-state index in [0.717, 1.165) is 11.6 Å². The van der Waals surface area contributed by atoms with E-state index < -0.39 is 0 Å². The summed E-state index contributed by atoms with van der Waals surface area (Å²) < 4.78 is 0. The van der Waals surface area contributed by atoms with Gasteiger partial charge in [0.25, 0.3) is 0 Å². The highest BCUT2D eigenvalue weighted by Gasteiger charge is 2.10. The SMILES string of the molecule is CC(c1ccc(Cl)cc1)N(C)CCC#N. The maximum Gasteiger partial charge on any atom is 0.0635 e. The van der Waals surface area contributed by atoms with Gasteiger partial charge >= 0.3 is 0 Å². The Kier molecular flexibility index (Phi) is 4.61. The Bertz CT molecular complexity index is 340. The summed E-state index contributed by atoms with van der Waals surface area (Å²) in [7, 11) is 2.02. The molecule has 0 saturated carbocycles. The molecule has 0 aliphatic rings. The second-order valence-electron chi connectivity index (χ2n) is 3.62. The molecule has 0 aliphatic carbocycles. The molecule has 15 heavy (non-hydrogen) atoms. The fourth-order valence-corrected chi connectivity index (χ4v) is 1.54. The first-order valence-corrected chi connectivity index (χ1v) is 5.35. The monoisotopic (exact) mass is 222 g/mol. The summed E-state index contributed by atoms with van der Waals surface area (Å²) in [6.07, 6.45) is 0.564. The summed E-state index contributed by atoms with van der Waals surface area (Å²) >= 11 is 5.82. The molecular weight excluding hydrogens is 208 g/mol. The summed E-state index contributed by atoms with van der Waals surface area (Å²) in [5, 5.41) is 9.26. The number of hydrogen-bond donors (Lipinski definition) is 0. The lowest BCUT2D eigenvalue weighted by Crippen LogP contribution is -2.23.